The largest absolute Gasteiger partial charge is 0.360 e. The second kappa shape index (κ2) is 5.49. The molecule has 0 radical (unpaired) electrons. The average molecular weight is 325 g/mol. The van der Waals surface area contributed by atoms with Crippen LogP contribution < -0.4 is 4.72 Å². The van der Waals surface area contributed by atoms with E-state index in [-0.39, 0.29) is 9.72 Å². The van der Waals surface area contributed by atoms with Crippen molar-refractivity contribution in [2.45, 2.75) is 37.4 Å². The van der Waals surface area contributed by atoms with Gasteiger partial charge in [-0.15, -0.1) is 0 Å². The van der Waals surface area contributed by atoms with Crippen LogP contribution in [0.5, 0.6) is 0 Å². The molecule has 1 N–H and O–H groups in total. The molecule has 0 bridgehead atoms. The van der Waals surface area contributed by atoms with Crippen LogP contribution in [0.2, 0.25) is 0 Å². The van der Waals surface area contributed by atoms with Crippen molar-refractivity contribution in [2.24, 2.45) is 5.92 Å². The van der Waals surface area contributed by atoms with Crippen LogP contribution in [0.15, 0.2) is 9.42 Å². The molecule has 7 heteroatoms. The van der Waals surface area contributed by atoms with Gasteiger partial charge >= 0.3 is 0 Å². The Morgan fingerprint density at radius 2 is 2.00 bits per heavy atom. The number of nitrogens with zero attached hydrogens (tertiary/aromatic N) is 1. The Balaban J connectivity index is 2.84. The lowest BCUT2D eigenvalue weighted by molar-refractivity contribution is 0.390. The van der Waals surface area contributed by atoms with Gasteiger partial charge in [0.1, 0.15) is 10.6 Å². The standard InChI is InChI=1S/C10H17BrN2O3S/c1-6(2)9(11)5-12-17(14,15)10-7(3)13-16-8(10)4/h6,9,12H,5H2,1-4H3. The molecule has 1 aromatic rings. The summed E-state index contributed by atoms with van der Waals surface area (Å²) < 4.78 is 31.5. The Bertz CT molecular complexity index is 462. The van der Waals surface area contributed by atoms with Gasteiger partial charge in [0.25, 0.3) is 0 Å². The number of aromatic nitrogens is 1. The molecule has 0 aliphatic heterocycles. The molecule has 0 saturated heterocycles. The first-order valence-electron chi connectivity index (χ1n) is 5.32. The first kappa shape index (κ1) is 14.7. The van der Waals surface area contributed by atoms with Gasteiger partial charge in [0.2, 0.25) is 10.0 Å². The predicted molar refractivity (Wildman–Crippen MR) is 68.7 cm³/mol. The summed E-state index contributed by atoms with van der Waals surface area (Å²) in [6.07, 6.45) is 0. The van der Waals surface area contributed by atoms with Crippen LogP contribution in [-0.2, 0) is 10.0 Å². The lowest BCUT2D eigenvalue weighted by Gasteiger charge is -2.14. The van der Waals surface area contributed by atoms with Gasteiger partial charge in [-0.3, -0.25) is 0 Å². The van der Waals surface area contributed by atoms with Crippen LogP contribution >= 0.6 is 15.9 Å². The minimum absolute atomic E-state index is 0.0951. The second-order valence-corrected chi connectivity index (χ2v) is 7.15. The molecule has 98 valence electrons. The summed E-state index contributed by atoms with van der Waals surface area (Å²) >= 11 is 3.43. The van der Waals surface area contributed by atoms with Crippen molar-refractivity contribution < 1.29 is 12.9 Å². The Morgan fingerprint density at radius 3 is 2.41 bits per heavy atom. The van der Waals surface area contributed by atoms with E-state index in [1.165, 1.54) is 0 Å². The maximum absolute atomic E-state index is 12.0. The zero-order chi connectivity index (χ0) is 13.2. The summed E-state index contributed by atoms with van der Waals surface area (Å²) in [6.45, 7) is 7.57. The molecule has 0 aliphatic rings. The van der Waals surface area contributed by atoms with Crippen molar-refractivity contribution in [3.63, 3.8) is 0 Å². The van der Waals surface area contributed by atoms with Crippen LogP contribution in [-0.4, -0.2) is 24.9 Å². The molecule has 1 unspecified atom stereocenters. The number of hydrogen-bond acceptors (Lipinski definition) is 4. The van der Waals surface area contributed by atoms with Crippen molar-refractivity contribution in [1.82, 2.24) is 9.88 Å². The van der Waals surface area contributed by atoms with Crippen molar-refractivity contribution >= 4 is 26.0 Å². The van der Waals surface area contributed by atoms with Gasteiger partial charge in [-0.05, 0) is 19.8 Å². The molecule has 5 nitrogen and oxygen atoms in total. The minimum Gasteiger partial charge on any atom is -0.360 e. The molecule has 0 aromatic carbocycles. The monoisotopic (exact) mass is 324 g/mol. The summed E-state index contributed by atoms with van der Waals surface area (Å²) in [7, 11) is -3.54. The summed E-state index contributed by atoms with van der Waals surface area (Å²) in [5, 5.41) is 3.64. The molecule has 17 heavy (non-hydrogen) atoms. The predicted octanol–water partition coefficient (Wildman–Crippen LogP) is 1.99. The van der Waals surface area contributed by atoms with Gasteiger partial charge in [-0.1, -0.05) is 34.9 Å². The molecular formula is C10H17BrN2O3S. The van der Waals surface area contributed by atoms with Gasteiger partial charge < -0.3 is 4.52 Å². The first-order chi connectivity index (χ1) is 7.75. The third-order valence-corrected chi connectivity index (χ3v) is 5.48. The van der Waals surface area contributed by atoms with Crippen LogP contribution in [0.4, 0.5) is 0 Å². The van der Waals surface area contributed by atoms with E-state index in [0.29, 0.717) is 23.9 Å². The fourth-order valence-corrected chi connectivity index (χ4v) is 3.12. The van der Waals surface area contributed by atoms with Gasteiger partial charge in [0.05, 0.1) is 0 Å². The van der Waals surface area contributed by atoms with Gasteiger partial charge in [-0.2, -0.15) is 0 Å². The van der Waals surface area contributed by atoms with Crippen molar-refractivity contribution in [3.8, 4) is 0 Å². The fourth-order valence-electron chi connectivity index (χ4n) is 1.36. The van der Waals surface area contributed by atoms with Crippen molar-refractivity contribution in [3.05, 3.63) is 11.5 Å². The molecule has 0 aliphatic carbocycles. The number of alkyl halides is 1. The quantitative estimate of drug-likeness (QED) is 0.841. The summed E-state index contributed by atoms with van der Waals surface area (Å²) in [5.41, 5.74) is 0.380. The molecule has 1 heterocycles. The highest BCUT2D eigenvalue weighted by molar-refractivity contribution is 9.09. The molecule has 1 aromatic heterocycles. The number of rotatable bonds is 5. The van der Waals surface area contributed by atoms with Crippen LogP contribution in [0.25, 0.3) is 0 Å². The Morgan fingerprint density at radius 1 is 1.41 bits per heavy atom. The topological polar surface area (TPSA) is 72.2 Å². The molecular weight excluding hydrogens is 308 g/mol. The van der Waals surface area contributed by atoms with E-state index in [0.717, 1.165) is 0 Å². The molecule has 1 atom stereocenters. The summed E-state index contributed by atoms with van der Waals surface area (Å²) in [4.78, 5) is 0.235. The van der Waals surface area contributed by atoms with Gasteiger partial charge in [0.15, 0.2) is 5.76 Å². The maximum atomic E-state index is 12.0. The number of nitrogens with one attached hydrogen (secondary N) is 1. The third kappa shape index (κ3) is 3.53. The van der Waals surface area contributed by atoms with Gasteiger partial charge in [-0.25, -0.2) is 13.1 Å². The zero-order valence-corrected chi connectivity index (χ0v) is 12.7. The highest BCUT2D eigenvalue weighted by Gasteiger charge is 2.24. The highest BCUT2D eigenvalue weighted by Crippen LogP contribution is 2.19. The van der Waals surface area contributed by atoms with Crippen LogP contribution in [0.3, 0.4) is 0 Å². The second-order valence-electron chi connectivity index (χ2n) is 4.27. The number of halogens is 1. The summed E-state index contributed by atoms with van der Waals surface area (Å²) in [5.74, 6) is 0.660. The Kier molecular flexibility index (Phi) is 4.74. The number of sulfonamides is 1. The molecule has 0 spiro atoms. The smallest absolute Gasteiger partial charge is 0.246 e. The molecule has 1 rings (SSSR count). The molecule has 0 fully saturated rings. The Labute approximate surface area is 110 Å². The van der Waals surface area contributed by atoms with E-state index in [4.69, 9.17) is 4.52 Å². The van der Waals surface area contributed by atoms with E-state index in [2.05, 4.69) is 25.8 Å². The van der Waals surface area contributed by atoms with Crippen LogP contribution in [0, 0.1) is 19.8 Å². The molecule has 0 saturated carbocycles. The third-order valence-electron chi connectivity index (χ3n) is 2.43. The fraction of sp³-hybridized carbons (Fsp3) is 0.700. The minimum atomic E-state index is -3.54. The maximum Gasteiger partial charge on any atom is 0.246 e. The normalized spacial score (nSPS) is 14.2. The van der Waals surface area contributed by atoms with Crippen LogP contribution in [0.1, 0.15) is 25.3 Å². The zero-order valence-electron chi connectivity index (χ0n) is 10.3. The van der Waals surface area contributed by atoms with E-state index in [9.17, 15) is 8.42 Å². The van der Waals surface area contributed by atoms with Gasteiger partial charge in [0, 0.05) is 11.4 Å². The summed E-state index contributed by atoms with van der Waals surface area (Å²) in [6, 6.07) is 0. The van der Waals surface area contributed by atoms with E-state index < -0.39 is 10.0 Å². The highest BCUT2D eigenvalue weighted by atomic mass is 79.9. The van der Waals surface area contributed by atoms with E-state index in [1.807, 2.05) is 13.8 Å². The van der Waals surface area contributed by atoms with E-state index in [1.54, 1.807) is 13.8 Å². The molecule has 0 amide bonds. The van der Waals surface area contributed by atoms with Crippen molar-refractivity contribution in [2.75, 3.05) is 6.54 Å². The number of hydrogen-bond donors (Lipinski definition) is 1. The number of aryl methyl sites for hydroxylation is 2. The Hall–Kier alpha value is -0.400. The SMILES string of the molecule is Cc1noc(C)c1S(=O)(=O)NCC(Br)C(C)C. The van der Waals surface area contributed by atoms with E-state index >= 15 is 0 Å². The lowest BCUT2D eigenvalue weighted by Crippen LogP contribution is -2.32. The first-order valence-corrected chi connectivity index (χ1v) is 7.72. The van der Waals surface area contributed by atoms with Crippen molar-refractivity contribution in [1.29, 1.82) is 0 Å². The lowest BCUT2D eigenvalue weighted by atomic mass is 10.1. The average Bonchev–Trinajstić information content (AvgIpc) is 2.55.